The molecule has 25 heavy (non-hydrogen) atoms. The fraction of sp³-hybridized carbons (Fsp3) is 0.529. The molecule has 8 heteroatoms. The molecule has 1 unspecified atom stereocenters. The number of alkyl halides is 2. The number of rotatable bonds is 6. The van der Waals surface area contributed by atoms with Crippen LogP contribution in [0, 0.1) is 9.49 Å². The molecule has 0 amide bonds. The van der Waals surface area contributed by atoms with Crippen LogP contribution in [-0.2, 0) is 9.53 Å². The van der Waals surface area contributed by atoms with Crippen LogP contribution in [0.3, 0.4) is 0 Å². The Morgan fingerprint density at radius 1 is 1.28 bits per heavy atom. The van der Waals surface area contributed by atoms with E-state index in [2.05, 4.69) is 0 Å². The summed E-state index contributed by atoms with van der Waals surface area (Å²) in [5, 5.41) is 8.88. The number of hydrogen-bond donors (Lipinski definition) is 1. The summed E-state index contributed by atoms with van der Waals surface area (Å²) >= 11 is 1.95. The molecule has 1 saturated carbocycles. The van der Waals surface area contributed by atoms with E-state index in [9.17, 15) is 18.4 Å². The molecule has 1 N–H and O–H groups in total. The number of hydrogen-bond acceptors (Lipinski definition) is 4. The summed E-state index contributed by atoms with van der Waals surface area (Å²) in [6.45, 7) is 0. The van der Waals surface area contributed by atoms with Crippen molar-refractivity contribution in [3.8, 4) is 5.75 Å². The van der Waals surface area contributed by atoms with E-state index in [0.717, 1.165) is 19.3 Å². The van der Waals surface area contributed by atoms with Gasteiger partial charge in [0, 0.05) is 5.92 Å². The summed E-state index contributed by atoms with van der Waals surface area (Å²) in [5.41, 5.74) is 0.0761. The zero-order valence-electron chi connectivity index (χ0n) is 13.6. The van der Waals surface area contributed by atoms with E-state index >= 15 is 0 Å². The van der Waals surface area contributed by atoms with E-state index in [1.54, 1.807) is 0 Å². The van der Waals surface area contributed by atoms with Crippen LogP contribution in [0.15, 0.2) is 18.2 Å². The monoisotopic (exact) mass is 468 g/mol. The number of methoxy groups -OCH3 is 1. The fourth-order valence-corrected chi connectivity index (χ4v) is 3.74. The number of carboxylic acid groups (broad SMARTS) is 1. The Bertz CT molecular complexity index is 644. The first-order valence-electron chi connectivity index (χ1n) is 7.93. The highest BCUT2D eigenvalue weighted by Gasteiger charge is 2.53. The van der Waals surface area contributed by atoms with Crippen molar-refractivity contribution in [2.75, 3.05) is 7.11 Å². The maximum atomic E-state index is 14.2. The first kappa shape index (κ1) is 19.9. The lowest BCUT2D eigenvalue weighted by molar-refractivity contribution is -0.189. The van der Waals surface area contributed by atoms with Crippen molar-refractivity contribution in [1.82, 2.24) is 0 Å². The third-order valence-corrected chi connectivity index (χ3v) is 5.18. The number of benzene rings is 1. The van der Waals surface area contributed by atoms with Crippen LogP contribution in [0.5, 0.6) is 5.75 Å². The lowest BCUT2D eigenvalue weighted by Crippen LogP contribution is -2.48. The zero-order valence-corrected chi connectivity index (χ0v) is 15.8. The average molecular weight is 468 g/mol. The van der Waals surface area contributed by atoms with Gasteiger partial charge in [-0.3, -0.25) is 0 Å². The highest BCUT2D eigenvalue weighted by molar-refractivity contribution is 14.1. The van der Waals surface area contributed by atoms with Crippen LogP contribution >= 0.6 is 22.6 Å². The molecule has 0 heterocycles. The summed E-state index contributed by atoms with van der Waals surface area (Å²) in [6.07, 6.45) is 1.20. The van der Waals surface area contributed by atoms with Crippen LogP contribution in [0.2, 0.25) is 0 Å². The summed E-state index contributed by atoms with van der Waals surface area (Å²) in [5.74, 6) is -7.49. The van der Waals surface area contributed by atoms with E-state index in [1.165, 1.54) is 25.3 Å². The van der Waals surface area contributed by atoms with Gasteiger partial charge in [0.2, 0.25) is 0 Å². The molecule has 5 nitrogen and oxygen atoms in total. The van der Waals surface area contributed by atoms with Gasteiger partial charge in [-0.2, -0.15) is 8.78 Å². The molecule has 1 fully saturated rings. The second-order valence-corrected chi connectivity index (χ2v) is 7.16. The first-order chi connectivity index (χ1) is 11.8. The van der Waals surface area contributed by atoms with E-state index in [1.807, 2.05) is 22.6 Å². The van der Waals surface area contributed by atoms with Crippen LogP contribution in [0.1, 0.15) is 42.5 Å². The predicted octanol–water partition coefficient (Wildman–Crippen LogP) is 4.13. The summed E-state index contributed by atoms with van der Waals surface area (Å²) in [6, 6.07) is 4.39. The van der Waals surface area contributed by atoms with Crippen molar-refractivity contribution in [1.29, 1.82) is 0 Å². The molecule has 1 aliphatic rings. The summed E-state index contributed by atoms with van der Waals surface area (Å²) in [7, 11) is 1.47. The third kappa shape index (κ3) is 4.59. The molecule has 0 spiro atoms. The molecule has 0 aliphatic heterocycles. The first-order valence-corrected chi connectivity index (χ1v) is 9.01. The van der Waals surface area contributed by atoms with Crippen molar-refractivity contribution in [2.24, 2.45) is 5.92 Å². The van der Waals surface area contributed by atoms with Gasteiger partial charge >= 0.3 is 17.9 Å². The summed E-state index contributed by atoms with van der Waals surface area (Å²) in [4.78, 5) is 23.3. The number of ether oxygens (including phenoxy) is 2. The number of aliphatic carboxylic acids is 1. The Hall–Kier alpha value is -1.45. The number of carbonyl (C=O) groups excluding carboxylic acids is 1. The van der Waals surface area contributed by atoms with Gasteiger partial charge in [0.1, 0.15) is 5.75 Å². The Kier molecular flexibility index (Phi) is 6.59. The molecular weight excluding hydrogens is 449 g/mol. The summed E-state index contributed by atoms with van der Waals surface area (Å²) < 4.78 is 39.1. The van der Waals surface area contributed by atoms with Gasteiger partial charge in [-0.15, -0.1) is 0 Å². The van der Waals surface area contributed by atoms with Gasteiger partial charge in [0.15, 0.2) is 6.10 Å². The third-order valence-electron chi connectivity index (χ3n) is 4.34. The van der Waals surface area contributed by atoms with Gasteiger partial charge in [0.05, 0.1) is 16.2 Å². The lowest BCUT2D eigenvalue weighted by Gasteiger charge is -2.33. The van der Waals surface area contributed by atoms with Crippen LogP contribution < -0.4 is 4.74 Å². The van der Waals surface area contributed by atoms with Crippen molar-refractivity contribution in [3.63, 3.8) is 0 Å². The second kappa shape index (κ2) is 8.29. The average Bonchev–Trinajstić information content (AvgIpc) is 2.59. The highest BCUT2D eigenvalue weighted by Crippen LogP contribution is 2.36. The fourth-order valence-electron chi connectivity index (χ4n) is 3.00. The molecule has 138 valence electrons. The molecule has 2 rings (SSSR count). The van der Waals surface area contributed by atoms with Crippen molar-refractivity contribution < 1.29 is 33.0 Å². The van der Waals surface area contributed by atoms with E-state index in [0.29, 0.717) is 22.2 Å². The Labute approximate surface area is 157 Å². The number of halogens is 3. The largest absolute Gasteiger partial charge is 0.496 e. The molecule has 1 aromatic carbocycles. The topological polar surface area (TPSA) is 72.8 Å². The highest BCUT2D eigenvalue weighted by atomic mass is 127. The maximum Gasteiger partial charge on any atom is 0.378 e. The van der Waals surface area contributed by atoms with Gasteiger partial charge < -0.3 is 14.6 Å². The number of esters is 1. The minimum atomic E-state index is -4.13. The van der Waals surface area contributed by atoms with Crippen LogP contribution in [-0.4, -0.2) is 36.2 Å². The number of carbonyl (C=O) groups is 2. The molecule has 0 aromatic heterocycles. The Morgan fingerprint density at radius 3 is 2.44 bits per heavy atom. The van der Waals surface area contributed by atoms with E-state index in [-0.39, 0.29) is 5.56 Å². The molecular formula is C17H19F2IO5. The van der Waals surface area contributed by atoms with Crippen LogP contribution in [0.4, 0.5) is 8.78 Å². The van der Waals surface area contributed by atoms with Crippen molar-refractivity contribution in [3.05, 3.63) is 27.3 Å². The minimum absolute atomic E-state index is 0.0761. The van der Waals surface area contributed by atoms with Gasteiger partial charge in [0.25, 0.3) is 0 Å². The molecule has 1 atom stereocenters. The van der Waals surface area contributed by atoms with Crippen LogP contribution in [0.25, 0.3) is 0 Å². The van der Waals surface area contributed by atoms with E-state index < -0.39 is 29.9 Å². The van der Waals surface area contributed by atoms with Gasteiger partial charge in [-0.1, -0.05) is 19.3 Å². The molecule has 0 radical (unpaired) electrons. The molecule has 0 saturated heterocycles. The van der Waals surface area contributed by atoms with Gasteiger partial charge in [-0.25, -0.2) is 9.59 Å². The van der Waals surface area contributed by atoms with E-state index in [4.69, 9.17) is 14.6 Å². The van der Waals surface area contributed by atoms with Gasteiger partial charge in [-0.05, 0) is 53.6 Å². The molecule has 0 bridgehead atoms. The molecule has 1 aromatic rings. The predicted molar refractivity (Wildman–Crippen MR) is 94.1 cm³/mol. The minimum Gasteiger partial charge on any atom is -0.496 e. The van der Waals surface area contributed by atoms with Crippen molar-refractivity contribution >= 4 is 34.5 Å². The second-order valence-electron chi connectivity index (χ2n) is 6.00. The van der Waals surface area contributed by atoms with Crippen molar-refractivity contribution in [2.45, 2.75) is 44.1 Å². The lowest BCUT2D eigenvalue weighted by atomic mass is 9.83. The number of carboxylic acids is 1. The normalized spacial score (nSPS) is 17.0. The SMILES string of the molecule is COc1ccc(C(=O)OC(C2CCCCC2)C(F)(F)C(=O)O)cc1I. The smallest absolute Gasteiger partial charge is 0.378 e. The quantitative estimate of drug-likeness (QED) is 0.503. The zero-order chi connectivity index (χ0) is 18.6. The standard InChI is InChI=1S/C17H19F2IO5/c1-24-13-8-7-11(9-12(13)20)15(21)25-14(17(18,19)16(22)23)10-5-3-2-4-6-10/h7-10,14H,2-6H2,1H3,(H,22,23). The molecule has 1 aliphatic carbocycles. The Morgan fingerprint density at radius 2 is 1.92 bits per heavy atom. The Balaban J connectivity index is 2.24. The maximum absolute atomic E-state index is 14.2.